The van der Waals surface area contributed by atoms with Crippen molar-refractivity contribution in [3.63, 3.8) is 0 Å². The van der Waals surface area contributed by atoms with Crippen LogP contribution in [-0.4, -0.2) is 43.2 Å². The molecule has 6 heteroatoms. The minimum Gasteiger partial charge on any atom is -0.343 e. The van der Waals surface area contributed by atoms with E-state index >= 15 is 0 Å². The number of hydrogen-bond donors (Lipinski definition) is 2. The first-order valence-corrected chi connectivity index (χ1v) is 17.5. The van der Waals surface area contributed by atoms with Gasteiger partial charge in [0.2, 0.25) is 0 Å². The maximum absolute atomic E-state index is 4.64. The van der Waals surface area contributed by atoms with Gasteiger partial charge in [-0.2, -0.15) is 5.10 Å². The van der Waals surface area contributed by atoms with Crippen molar-refractivity contribution in [2.24, 2.45) is 22.7 Å². The van der Waals surface area contributed by atoms with Crippen molar-refractivity contribution in [1.82, 2.24) is 13.3 Å². The van der Waals surface area contributed by atoms with Crippen molar-refractivity contribution in [1.29, 1.82) is 0 Å². The third kappa shape index (κ3) is 8.59. The van der Waals surface area contributed by atoms with E-state index in [0.29, 0.717) is 12.0 Å². The zero-order valence-electron chi connectivity index (χ0n) is 24.9. The van der Waals surface area contributed by atoms with Crippen LogP contribution in [-0.2, 0) is 12.8 Å². The van der Waals surface area contributed by atoms with Crippen LogP contribution in [0.15, 0.2) is 35.5 Å². The van der Waals surface area contributed by atoms with Crippen LogP contribution < -0.4 is 5.32 Å². The number of rotatable bonds is 10. The molecule has 2 saturated carbocycles. The van der Waals surface area contributed by atoms with E-state index < -0.39 is 0 Å². The van der Waals surface area contributed by atoms with Crippen LogP contribution in [0.1, 0.15) is 100 Å². The lowest BCUT2D eigenvalue weighted by Gasteiger charge is -2.45. The number of nitrogens with zero attached hydrogens (tertiary/aromatic N) is 3. The van der Waals surface area contributed by atoms with E-state index in [1.165, 1.54) is 73.1 Å². The topological polar surface area (TPSA) is 56.3 Å². The van der Waals surface area contributed by atoms with Gasteiger partial charge in [-0.3, -0.25) is 13.2 Å². The van der Waals surface area contributed by atoms with Crippen molar-refractivity contribution < 1.29 is 0 Å². The van der Waals surface area contributed by atoms with E-state index in [2.05, 4.69) is 87.5 Å². The zero-order valence-corrected chi connectivity index (χ0v) is 27.1. The van der Waals surface area contributed by atoms with E-state index in [1.54, 1.807) is 0 Å². The highest BCUT2D eigenvalue weighted by Crippen LogP contribution is 2.41. The molecule has 2 bridgehead atoms. The van der Waals surface area contributed by atoms with Gasteiger partial charge in [-0.25, -0.2) is 0 Å². The van der Waals surface area contributed by atoms with Crippen LogP contribution in [0, 0.1) is 24.7 Å². The summed E-state index contributed by atoms with van der Waals surface area (Å²) in [6.07, 6.45) is 11.8. The Bertz CT molecular complexity index is 1130. The second kappa shape index (κ2) is 14.2. The standard InChI is InChI=1S/C26H38N4.C7H12IN/c1-7-21-13-19(5)24(16-27-17(2)3)22(14-21)11-9-20(6)28-26-15-25(29-30-26)23-10-8-18(4)12-23;1-8-9-4-6-2-7(3-6)5-9/h13-18,23H,6-12H2,1-5H3,(H2,28,29,30);6-7H,1-5H2. The molecule has 4 aliphatic rings. The van der Waals surface area contributed by atoms with Crippen molar-refractivity contribution in [2.75, 3.05) is 18.4 Å². The van der Waals surface area contributed by atoms with Crippen LogP contribution in [0.2, 0.25) is 0 Å². The van der Waals surface area contributed by atoms with Gasteiger partial charge >= 0.3 is 0 Å². The summed E-state index contributed by atoms with van der Waals surface area (Å²) in [5.74, 6) is 4.48. The molecule has 214 valence electrons. The number of halogens is 1. The molecule has 1 aromatic carbocycles. The number of fused-ring (bicyclic) bond motifs is 2. The van der Waals surface area contributed by atoms with Gasteiger partial charge in [0.15, 0.2) is 5.82 Å². The summed E-state index contributed by atoms with van der Waals surface area (Å²) in [7, 11) is 0. The van der Waals surface area contributed by atoms with Gasteiger partial charge in [0.25, 0.3) is 0 Å². The average molecular weight is 644 g/mol. The number of piperidine rings is 2. The molecule has 2 atom stereocenters. The van der Waals surface area contributed by atoms with Gasteiger partial charge in [-0.15, -0.1) is 0 Å². The molecule has 39 heavy (non-hydrogen) atoms. The summed E-state index contributed by atoms with van der Waals surface area (Å²) in [4.78, 5) is 4.64. The van der Waals surface area contributed by atoms with E-state index in [9.17, 15) is 0 Å². The molecule has 2 unspecified atom stereocenters. The Kier molecular flexibility index (Phi) is 11.0. The maximum atomic E-state index is 4.64. The van der Waals surface area contributed by atoms with E-state index in [4.69, 9.17) is 0 Å². The van der Waals surface area contributed by atoms with Crippen molar-refractivity contribution in [3.05, 3.63) is 58.4 Å². The molecule has 2 aliphatic heterocycles. The van der Waals surface area contributed by atoms with Crippen molar-refractivity contribution in [2.45, 2.75) is 97.9 Å². The number of aromatic nitrogens is 2. The molecule has 6 rings (SSSR count). The minimum atomic E-state index is 0.173. The normalized spacial score (nSPS) is 24.5. The first kappa shape index (κ1) is 30.2. The highest BCUT2D eigenvalue weighted by Gasteiger charge is 2.36. The number of aromatic amines is 1. The molecule has 3 heterocycles. The third-order valence-electron chi connectivity index (χ3n) is 8.59. The second-order valence-electron chi connectivity index (χ2n) is 12.4. The molecule has 0 spiro atoms. The Morgan fingerprint density at radius 1 is 1.21 bits per heavy atom. The molecule has 2 aliphatic carbocycles. The Morgan fingerprint density at radius 2 is 1.95 bits per heavy atom. The zero-order chi connectivity index (χ0) is 27.9. The number of hydrogen-bond acceptors (Lipinski definition) is 4. The number of benzene rings is 1. The summed E-state index contributed by atoms with van der Waals surface area (Å²) in [6.45, 7) is 18.0. The predicted molar refractivity (Wildman–Crippen MR) is 178 cm³/mol. The number of aliphatic imine (C=N–C) groups is 1. The van der Waals surface area contributed by atoms with Crippen LogP contribution in [0.5, 0.6) is 0 Å². The Hall–Kier alpha value is -1.80. The van der Waals surface area contributed by atoms with E-state index in [0.717, 1.165) is 48.5 Å². The molecular weight excluding hydrogens is 593 g/mol. The van der Waals surface area contributed by atoms with E-state index in [-0.39, 0.29) is 21.0 Å². The molecule has 0 amide bonds. The molecular formula is C33H50IN5. The molecule has 2 aromatic rings. The quantitative estimate of drug-likeness (QED) is 0.156. The predicted octanol–water partition coefficient (Wildman–Crippen LogP) is 8.22. The van der Waals surface area contributed by atoms with Crippen LogP contribution in [0.3, 0.4) is 0 Å². The summed E-state index contributed by atoms with van der Waals surface area (Å²) < 4.78 is 6.58. The fourth-order valence-electron chi connectivity index (χ4n) is 6.30. The van der Waals surface area contributed by atoms with Gasteiger partial charge in [0.1, 0.15) is 0 Å². The molecule has 1 aromatic heterocycles. The number of aryl methyl sites for hydroxylation is 3. The van der Waals surface area contributed by atoms with Crippen molar-refractivity contribution in [3.8, 4) is 0 Å². The Balaban J connectivity index is 0.000000327. The number of allylic oxidation sites excluding steroid dienone is 1. The van der Waals surface area contributed by atoms with Gasteiger partial charge in [0.05, 0.1) is 0 Å². The summed E-state index contributed by atoms with van der Waals surface area (Å²) in [6, 6.07) is 7.08. The number of nitrogens with one attached hydrogen (secondary N) is 2. The number of H-pyrrole nitrogens is 1. The summed E-state index contributed by atoms with van der Waals surface area (Å²) in [5, 5.41) is 11.1. The highest BCUT2D eigenvalue weighted by atomic mass is 127. The van der Waals surface area contributed by atoms with E-state index in [1.807, 2.05) is 6.21 Å². The minimum absolute atomic E-state index is 0.173. The van der Waals surface area contributed by atoms with Crippen LogP contribution in [0.25, 0.3) is 0 Å². The molecule has 0 radical (unpaired) electrons. The van der Waals surface area contributed by atoms with Crippen LogP contribution >= 0.6 is 21.0 Å². The molecule has 4 fully saturated rings. The first-order valence-electron chi connectivity index (χ1n) is 15.0. The smallest absolute Gasteiger partial charge is 0.152 e. The van der Waals surface area contributed by atoms with Gasteiger partial charge in [0, 0.05) is 48.7 Å². The van der Waals surface area contributed by atoms with Gasteiger partial charge in [-0.1, -0.05) is 43.5 Å². The fourth-order valence-corrected chi connectivity index (χ4v) is 7.98. The van der Waals surface area contributed by atoms with Gasteiger partial charge in [-0.05, 0) is 127 Å². The maximum Gasteiger partial charge on any atom is 0.152 e. The number of anilines is 1. The molecule has 2 N–H and O–H groups in total. The highest BCUT2D eigenvalue weighted by molar-refractivity contribution is 14.2. The van der Waals surface area contributed by atoms with Gasteiger partial charge < -0.3 is 5.32 Å². The third-order valence-corrected chi connectivity index (χ3v) is 10.3. The second-order valence-corrected chi connectivity index (χ2v) is 14.5. The summed E-state index contributed by atoms with van der Waals surface area (Å²) in [5.41, 5.74) is 7.54. The van der Waals surface area contributed by atoms with Crippen LogP contribution in [0.4, 0.5) is 5.82 Å². The monoisotopic (exact) mass is 643 g/mol. The summed E-state index contributed by atoms with van der Waals surface area (Å²) >= 11 is 0.173. The first-order chi connectivity index (χ1) is 18.7. The van der Waals surface area contributed by atoms with Crippen molar-refractivity contribution >= 4 is 37.6 Å². The molecule has 5 nitrogen and oxygen atoms in total. The SMILES string of the molecule is C=C(CCc1cc(CC)cc(C)c1C=NC(C)C)Nc1cc(C2CCC(C)C2)[nH]n1.C=IN1CC2CC(C2)C1. The molecule has 2 saturated heterocycles. The largest absolute Gasteiger partial charge is 0.343 e. The Morgan fingerprint density at radius 3 is 2.54 bits per heavy atom. The fraction of sp³-hybridized carbons (Fsp3) is 0.606. The average Bonchev–Trinajstić information content (AvgIpc) is 3.55. The Labute approximate surface area is 247 Å². The lowest BCUT2D eigenvalue weighted by atomic mass is 9.72. The lowest BCUT2D eigenvalue weighted by molar-refractivity contribution is 0.0934. The lowest BCUT2D eigenvalue weighted by Crippen LogP contribution is -2.44.